The average Bonchev–Trinajstić information content (AvgIpc) is 2.36. The maximum absolute atomic E-state index is 12.1. The maximum Gasteiger partial charge on any atom is 0.234 e. The van der Waals surface area contributed by atoms with E-state index in [1.165, 1.54) is 0 Å². The molecule has 1 aromatic carbocycles. The van der Waals surface area contributed by atoms with Crippen LogP contribution in [0.25, 0.3) is 0 Å². The molecule has 0 aromatic heterocycles. The number of hydrogen-bond acceptors (Lipinski definition) is 3. The molecule has 3 atom stereocenters. The first-order chi connectivity index (χ1) is 8.93. The third kappa shape index (κ3) is 4.72. The Morgan fingerprint density at radius 2 is 2.00 bits per heavy atom. The molecular formula is C13H18N2O2S2. The largest absolute Gasteiger partial charge is 0.392 e. The molecule has 3 unspecified atom stereocenters. The van der Waals surface area contributed by atoms with E-state index in [0.29, 0.717) is 6.54 Å². The van der Waals surface area contributed by atoms with E-state index in [4.69, 9.17) is 18.0 Å². The van der Waals surface area contributed by atoms with Gasteiger partial charge in [-0.1, -0.05) is 42.5 Å². The normalized spacial score (nSPS) is 15.3. The zero-order valence-corrected chi connectivity index (χ0v) is 12.6. The molecule has 19 heavy (non-hydrogen) atoms. The molecular weight excluding hydrogens is 280 g/mol. The molecule has 0 aliphatic rings. The molecule has 0 aliphatic heterocycles. The molecule has 0 aliphatic carbocycles. The predicted octanol–water partition coefficient (Wildman–Crippen LogP) is 0.939. The van der Waals surface area contributed by atoms with E-state index in [9.17, 15) is 9.00 Å². The van der Waals surface area contributed by atoms with Crippen molar-refractivity contribution in [3.63, 3.8) is 0 Å². The van der Waals surface area contributed by atoms with Gasteiger partial charge in [-0.2, -0.15) is 0 Å². The summed E-state index contributed by atoms with van der Waals surface area (Å²) in [4.78, 5) is 12.3. The summed E-state index contributed by atoms with van der Waals surface area (Å²) < 4.78 is 11.2. The molecule has 0 bridgehead atoms. The van der Waals surface area contributed by atoms with Gasteiger partial charge in [0.1, 0.15) is 5.92 Å². The first kappa shape index (κ1) is 15.8. The molecule has 4 nitrogen and oxygen atoms in total. The molecule has 6 heteroatoms. The minimum absolute atomic E-state index is 0.105. The molecule has 0 saturated heterocycles. The van der Waals surface area contributed by atoms with Gasteiger partial charge < -0.3 is 11.1 Å². The Bertz CT molecular complexity index is 477. The van der Waals surface area contributed by atoms with Crippen LogP contribution >= 0.6 is 12.2 Å². The van der Waals surface area contributed by atoms with Crippen molar-refractivity contribution in [1.82, 2.24) is 5.32 Å². The van der Waals surface area contributed by atoms with E-state index in [0.717, 1.165) is 5.56 Å². The summed E-state index contributed by atoms with van der Waals surface area (Å²) in [5.74, 6) is -0.898. The Labute approximate surface area is 121 Å². The van der Waals surface area contributed by atoms with Crippen molar-refractivity contribution in [2.24, 2.45) is 5.73 Å². The fourth-order valence-corrected chi connectivity index (χ4v) is 2.12. The van der Waals surface area contributed by atoms with Gasteiger partial charge in [-0.15, -0.1) is 0 Å². The average molecular weight is 298 g/mol. The van der Waals surface area contributed by atoms with E-state index < -0.39 is 16.7 Å². The van der Waals surface area contributed by atoms with Crippen LogP contribution in [0.5, 0.6) is 0 Å². The highest BCUT2D eigenvalue weighted by Gasteiger charge is 2.23. The number of thiocarbonyl (C=S) groups is 1. The minimum atomic E-state index is -0.974. The fourth-order valence-electron chi connectivity index (χ4n) is 1.55. The highest BCUT2D eigenvalue weighted by molar-refractivity contribution is 7.84. The SMILES string of the molecule is CC(CNC(=O)C(C(N)=S)c1ccccc1)S(C)=O. The summed E-state index contributed by atoms with van der Waals surface area (Å²) in [7, 11) is -0.974. The number of nitrogens with one attached hydrogen (secondary N) is 1. The Morgan fingerprint density at radius 1 is 1.42 bits per heavy atom. The van der Waals surface area contributed by atoms with Crippen molar-refractivity contribution in [3.05, 3.63) is 35.9 Å². The lowest BCUT2D eigenvalue weighted by molar-refractivity contribution is -0.121. The lowest BCUT2D eigenvalue weighted by atomic mass is 9.98. The van der Waals surface area contributed by atoms with Gasteiger partial charge >= 0.3 is 0 Å². The second-order valence-electron chi connectivity index (χ2n) is 4.30. The summed E-state index contributed by atoms with van der Waals surface area (Å²) in [6.45, 7) is 2.16. The monoisotopic (exact) mass is 298 g/mol. The van der Waals surface area contributed by atoms with Gasteiger partial charge in [-0.3, -0.25) is 9.00 Å². The van der Waals surface area contributed by atoms with Crippen LogP contribution in [0.4, 0.5) is 0 Å². The van der Waals surface area contributed by atoms with Crippen LogP contribution in [0.15, 0.2) is 30.3 Å². The molecule has 0 fully saturated rings. The van der Waals surface area contributed by atoms with Crippen LogP contribution in [0.3, 0.4) is 0 Å². The van der Waals surface area contributed by atoms with Crippen LogP contribution in [-0.2, 0) is 15.6 Å². The van der Waals surface area contributed by atoms with Crippen LogP contribution < -0.4 is 11.1 Å². The number of hydrogen-bond donors (Lipinski definition) is 2. The van der Waals surface area contributed by atoms with Crippen LogP contribution in [0.2, 0.25) is 0 Å². The zero-order valence-electron chi connectivity index (χ0n) is 11.0. The Balaban J connectivity index is 2.76. The van der Waals surface area contributed by atoms with Gasteiger partial charge in [-0.05, 0) is 12.5 Å². The second-order valence-corrected chi connectivity index (χ2v) is 6.57. The predicted molar refractivity (Wildman–Crippen MR) is 82.5 cm³/mol. The third-order valence-corrected chi connectivity index (χ3v) is 4.35. The van der Waals surface area contributed by atoms with Crippen molar-refractivity contribution < 1.29 is 9.00 Å². The Hall–Kier alpha value is -1.27. The number of carbonyl (C=O) groups is 1. The number of amides is 1. The van der Waals surface area contributed by atoms with Crippen molar-refractivity contribution in [3.8, 4) is 0 Å². The van der Waals surface area contributed by atoms with Gasteiger partial charge in [-0.25, -0.2) is 0 Å². The number of benzene rings is 1. The van der Waals surface area contributed by atoms with Crippen molar-refractivity contribution in [1.29, 1.82) is 0 Å². The molecule has 0 radical (unpaired) electrons. The smallest absolute Gasteiger partial charge is 0.234 e. The van der Waals surface area contributed by atoms with E-state index in [-0.39, 0.29) is 16.1 Å². The standard InChI is InChI=1S/C13H18N2O2S2/c1-9(19(2)17)8-15-13(16)11(12(14)18)10-6-4-3-5-7-10/h3-7,9,11H,8H2,1-2H3,(H2,14,18)(H,15,16). The summed E-state index contributed by atoms with van der Waals surface area (Å²) in [5.41, 5.74) is 6.41. The first-order valence-electron chi connectivity index (χ1n) is 5.87. The van der Waals surface area contributed by atoms with E-state index in [1.807, 2.05) is 37.3 Å². The van der Waals surface area contributed by atoms with Crippen LogP contribution in [0, 0.1) is 0 Å². The first-order valence-corrected chi connectivity index (χ1v) is 7.90. The van der Waals surface area contributed by atoms with Crippen LogP contribution in [-0.4, -0.2) is 33.2 Å². The quantitative estimate of drug-likeness (QED) is 0.767. The number of rotatable bonds is 6. The number of nitrogens with two attached hydrogens (primary N) is 1. The highest BCUT2D eigenvalue weighted by Crippen LogP contribution is 2.16. The van der Waals surface area contributed by atoms with Gasteiger partial charge in [0, 0.05) is 28.9 Å². The summed E-state index contributed by atoms with van der Waals surface area (Å²) in [6.07, 6.45) is 1.61. The van der Waals surface area contributed by atoms with Crippen molar-refractivity contribution in [2.45, 2.75) is 18.1 Å². The maximum atomic E-state index is 12.1. The molecule has 3 N–H and O–H groups in total. The molecule has 1 amide bonds. The van der Waals surface area contributed by atoms with Crippen molar-refractivity contribution in [2.75, 3.05) is 12.8 Å². The molecule has 0 spiro atoms. The van der Waals surface area contributed by atoms with Crippen LogP contribution in [0.1, 0.15) is 18.4 Å². The molecule has 104 valence electrons. The molecule has 1 aromatic rings. The topological polar surface area (TPSA) is 72.2 Å². The van der Waals surface area contributed by atoms with Gasteiger partial charge in [0.15, 0.2) is 0 Å². The zero-order chi connectivity index (χ0) is 14.4. The molecule has 0 heterocycles. The fraction of sp³-hybridized carbons (Fsp3) is 0.385. The van der Waals surface area contributed by atoms with Crippen molar-refractivity contribution >= 4 is 33.9 Å². The third-order valence-electron chi connectivity index (χ3n) is 2.81. The summed E-state index contributed by atoms with van der Waals surface area (Å²) in [5, 5.41) is 2.64. The minimum Gasteiger partial charge on any atom is -0.392 e. The van der Waals surface area contributed by atoms with Gasteiger partial charge in [0.2, 0.25) is 5.91 Å². The lowest BCUT2D eigenvalue weighted by Gasteiger charge is -2.17. The van der Waals surface area contributed by atoms with E-state index in [2.05, 4.69) is 5.32 Å². The summed E-state index contributed by atoms with van der Waals surface area (Å²) >= 11 is 4.96. The molecule has 0 saturated carbocycles. The Morgan fingerprint density at radius 3 is 2.47 bits per heavy atom. The van der Waals surface area contributed by atoms with E-state index in [1.54, 1.807) is 6.26 Å². The Kier molecular flexibility index (Phi) is 6.11. The highest BCUT2D eigenvalue weighted by atomic mass is 32.2. The van der Waals surface area contributed by atoms with Gasteiger partial charge in [0.25, 0.3) is 0 Å². The number of carbonyl (C=O) groups excluding carboxylic acids is 1. The second kappa shape index (κ2) is 7.35. The molecule has 1 rings (SSSR count). The lowest BCUT2D eigenvalue weighted by Crippen LogP contribution is -2.39. The van der Waals surface area contributed by atoms with Gasteiger partial charge in [0.05, 0.1) is 4.99 Å². The summed E-state index contributed by atoms with van der Waals surface area (Å²) in [6, 6.07) is 9.14. The van der Waals surface area contributed by atoms with E-state index >= 15 is 0 Å².